The Morgan fingerprint density at radius 3 is 1.28 bits per heavy atom. The van der Waals surface area contributed by atoms with Crippen LogP contribution in [0.1, 0.15) is 135 Å². The molecule has 6 heteroatoms. The van der Waals surface area contributed by atoms with Gasteiger partial charge in [-0.1, -0.05) is 116 Å². The Balaban J connectivity index is 0. The van der Waals surface area contributed by atoms with E-state index in [1.807, 2.05) is 0 Å². The molecule has 29 heavy (non-hydrogen) atoms. The third kappa shape index (κ3) is 28.9. The summed E-state index contributed by atoms with van der Waals surface area (Å²) in [6, 6.07) is 0. The van der Waals surface area contributed by atoms with Crippen LogP contribution in [0.3, 0.4) is 0 Å². The van der Waals surface area contributed by atoms with Crippen LogP contribution in [0.15, 0.2) is 0 Å². The van der Waals surface area contributed by atoms with Crippen LogP contribution in [0.25, 0.3) is 0 Å². The first-order valence-corrected chi connectivity index (χ1v) is 13.6. The fraction of sp³-hybridized carbons (Fsp3) is 1.00. The fourth-order valence-electron chi connectivity index (χ4n) is 3.73. The number of rotatable bonds is 22. The number of unbranched alkanes of at least 4 members (excludes halogenated alkanes) is 16. The van der Waals surface area contributed by atoms with Crippen molar-refractivity contribution in [2.24, 2.45) is 0 Å². The van der Waals surface area contributed by atoms with Gasteiger partial charge >= 0.3 is 29.6 Å². The van der Waals surface area contributed by atoms with E-state index in [-0.39, 0.29) is 41.4 Å². The molecular formula is C23H47NaO4S. The second kappa shape index (κ2) is 23.5. The molecule has 0 bridgehead atoms. The quantitative estimate of drug-likeness (QED) is 0.157. The molecule has 1 unspecified atom stereocenters. The molecule has 1 atom stereocenters. The van der Waals surface area contributed by atoms with Crippen molar-refractivity contribution >= 4 is 10.1 Å². The summed E-state index contributed by atoms with van der Waals surface area (Å²) in [6.45, 7) is 2.25. The van der Waals surface area contributed by atoms with Crippen LogP contribution in [0.2, 0.25) is 0 Å². The summed E-state index contributed by atoms with van der Waals surface area (Å²) in [5.41, 5.74) is 0. The van der Waals surface area contributed by atoms with Gasteiger partial charge in [0.25, 0.3) is 0 Å². The average Bonchev–Trinajstić information content (AvgIpc) is 2.64. The van der Waals surface area contributed by atoms with Gasteiger partial charge in [0.05, 0.1) is 16.2 Å². The van der Waals surface area contributed by atoms with Crippen molar-refractivity contribution in [3.05, 3.63) is 0 Å². The fourth-order valence-corrected chi connectivity index (χ4v) is 4.29. The summed E-state index contributed by atoms with van der Waals surface area (Å²) in [5.74, 6) is -0.210. The first-order chi connectivity index (χ1) is 13.5. The molecule has 0 aliphatic carbocycles. The number of hydrogen-bond donors (Lipinski definition) is 1. The molecule has 0 amide bonds. The Kier molecular flexibility index (Phi) is 26.0. The van der Waals surface area contributed by atoms with Crippen molar-refractivity contribution in [2.45, 2.75) is 141 Å². The van der Waals surface area contributed by atoms with Gasteiger partial charge < -0.3 is 9.66 Å². The number of aliphatic hydroxyl groups is 1. The van der Waals surface area contributed by atoms with Crippen LogP contribution in [0, 0.1) is 0 Å². The van der Waals surface area contributed by atoms with Crippen molar-refractivity contribution < 1.29 is 47.6 Å². The molecule has 4 nitrogen and oxygen atoms in total. The average molecular weight is 443 g/mol. The molecule has 1 N–H and O–H groups in total. The zero-order valence-corrected chi connectivity index (χ0v) is 22.3. The van der Waals surface area contributed by atoms with Crippen LogP contribution in [0.5, 0.6) is 0 Å². The van der Waals surface area contributed by atoms with E-state index in [0.29, 0.717) is 6.42 Å². The van der Waals surface area contributed by atoms with E-state index in [2.05, 4.69) is 6.92 Å². The molecular weight excluding hydrogens is 395 g/mol. The molecule has 0 rings (SSSR count). The minimum atomic E-state index is -4.02. The second-order valence-electron chi connectivity index (χ2n) is 8.50. The first kappa shape index (κ1) is 32.1. The molecule has 0 aromatic rings. The number of aliphatic hydroxyl groups excluding tert-OH is 1. The molecule has 0 spiro atoms. The Hall–Kier alpha value is 0.870. The molecule has 0 heterocycles. The third-order valence-corrected chi connectivity index (χ3v) is 6.36. The van der Waals surface area contributed by atoms with Crippen molar-refractivity contribution in [2.75, 3.05) is 5.75 Å². The van der Waals surface area contributed by atoms with Gasteiger partial charge in [0.15, 0.2) is 0 Å². The molecule has 0 aromatic carbocycles. The van der Waals surface area contributed by atoms with Crippen LogP contribution in [0.4, 0.5) is 0 Å². The third-order valence-electron chi connectivity index (χ3n) is 5.57. The van der Waals surface area contributed by atoms with E-state index in [4.69, 9.17) is 0 Å². The Bertz CT molecular complexity index is 415. The van der Waals surface area contributed by atoms with Gasteiger partial charge in [-0.25, -0.2) is 8.42 Å². The van der Waals surface area contributed by atoms with E-state index in [0.717, 1.165) is 38.5 Å². The molecule has 0 aliphatic heterocycles. The van der Waals surface area contributed by atoms with Crippen molar-refractivity contribution in [1.29, 1.82) is 0 Å². The van der Waals surface area contributed by atoms with Crippen molar-refractivity contribution in [1.82, 2.24) is 0 Å². The largest absolute Gasteiger partial charge is 1.00 e. The molecule has 0 aromatic heterocycles. The predicted molar refractivity (Wildman–Crippen MR) is 119 cm³/mol. The van der Waals surface area contributed by atoms with E-state index in [1.165, 1.54) is 83.5 Å². The van der Waals surface area contributed by atoms with Crippen molar-refractivity contribution in [3.8, 4) is 0 Å². The molecule has 170 valence electrons. The van der Waals surface area contributed by atoms with Gasteiger partial charge in [0, 0.05) is 5.75 Å². The summed E-state index contributed by atoms with van der Waals surface area (Å²) < 4.78 is 31.4. The smallest absolute Gasteiger partial charge is 0.748 e. The molecule has 0 aliphatic rings. The predicted octanol–water partition coefficient (Wildman–Crippen LogP) is 3.72. The molecule has 0 radical (unpaired) electrons. The second-order valence-corrected chi connectivity index (χ2v) is 10.0. The maximum Gasteiger partial charge on any atom is 1.00 e. The monoisotopic (exact) mass is 442 g/mol. The summed E-state index contributed by atoms with van der Waals surface area (Å²) in [5, 5.41) is 10.1. The summed E-state index contributed by atoms with van der Waals surface area (Å²) in [6.07, 6.45) is 23.2. The Morgan fingerprint density at radius 2 is 0.931 bits per heavy atom. The molecule has 0 fully saturated rings. The van der Waals surface area contributed by atoms with Gasteiger partial charge in [0.1, 0.15) is 0 Å². The van der Waals surface area contributed by atoms with E-state index in [9.17, 15) is 18.1 Å². The summed E-state index contributed by atoms with van der Waals surface area (Å²) in [7, 11) is -4.02. The first-order valence-electron chi connectivity index (χ1n) is 12.1. The van der Waals surface area contributed by atoms with E-state index >= 15 is 0 Å². The standard InChI is InChI=1S/C23H48O4S.Na/c1-2-3-4-5-6-11-14-17-20-23(24)21-18-15-12-9-7-8-10-13-16-19-22-28(25,26)27;/h23-24H,2-22H2,1H3,(H,25,26,27);/q;+1/p-1. The van der Waals surface area contributed by atoms with Gasteiger partial charge in [-0.15, -0.1) is 0 Å². The molecule has 0 saturated heterocycles. The van der Waals surface area contributed by atoms with Crippen LogP contribution < -0.4 is 29.6 Å². The van der Waals surface area contributed by atoms with Gasteiger partial charge in [-0.05, 0) is 19.3 Å². The van der Waals surface area contributed by atoms with Gasteiger partial charge in [0.2, 0.25) is 0 Å². The van der Waals surface area contributed by atoms with Gasteiger partial charge in [-0.3, -0.25) is 0 Å². The maximum absolute atomic E-state index is 10.5. The maximum atomic E-state index is 10.5. The summed E-state index contributed by atoms with van der Waals surface area (Å²) >= 11 is 0. The number of hydrogen-bond acceptors (Lipinski definition) is 4. The zero-order valence-electron chi connectivity index (χ0n) is 19.5. The van der Waals surface area contributed by atoms with Crippen LogP contribution in [-0.4, -0.2) is 29.9 Å². The summed E-state index contributed by atoms with van der Waals surface area (Å²) in [4.78, 5) is 0. The SMILES string of the molecule is CCCCCCCCCCC(O)CCCCCCCCCCCCS(=O)(=O)[O-].[Na+]. The zero-order chi connectivity index (χ0) is 20.9. The van der Waals surface area contributed by atoms with Crippen LogP contribution >= 0.6 is 0 Å². The minimum absolute atomic E-state index is 0. The normalized spacial score (nSPS) is 12.7. The van der Waals surface area contributed by atoms with Crippen LogP contribution in [-0.2, 0) is 10.1 Å². The van der Waals surface area contributed by atoms with Crippen molar-refractivity contribution in [3.63, 3.8) is 0 Å². The topological polar surface area (TPSA) is 77.4 Å². The Labute approximate surface area is 204 Å². The van der Waals surface area contributed by atoms with E-state index < -0.39 is 10.1 Å². The van der Waals surface area contributed by atoms with Gasteiger partial charge in [-0.2, -0.15) is 0 Å². The minimum Gasteiger partial charge on any atom is -0.748 e. The van der Waals surface area contributed by atoms with E-state index in [1.54, 1.807) is 0 Å². The Morgan fingerprint density at radius 1 is 0.621 bits per heavy atom. The molecule has 0 saturated carbocycles.